The maximum Gasteiger partial charge on any atom is 0.263 e. The second-order valence-corrected chi connectivity index (χ2v) is 5.96. The Labute approximate surface area is 138 Å². The van der Waals surface area contributed by atoms with Crippen LogP contribution in [0.15, 0.2) is 48.5 Å². The smallest absolute Gasteiger partial charge is 0.263 e. The van der Waals surface area contributed by atoms with Crippen molar-refractivity contribution >= 4 is 5.91 Å². The molecule has 1 amide bonds. The molecule has 0 saturated carbocycles. The first-order valence-corrected chi connectivity index (χ1v) is 8.04. The molecule has 0 fully saturated rings. The molecule has 2 rings (SSSR count). The normalized spacial score (nSPS) is 11.8. The van der Waals surface area contributed by atoms with E-state index in [-0.39, 0.29) is 5.91 Å². The number of carbonyl (C=O) groups excluding carboxylic acids is 1. The van der Waals surface area contributed by atoms with Gasteiger partial charge in [0.15, 0.2) is 6.10 Å². The Morgan fingerprint density at radius 1 is 1.13 bits per heavy atom. The standard InChI is InChI=1S/C20H25NO2/c1-5-18(23-19-13-15(2)11-12-16(19)3)20(22)21(4)14-17-9-7-6-8-10-17/h6-13,18H,5,14H2,1-4H3/t18-/m0/s1. The van der Waals surface area contributed by atoms with Gasteiger partial charge in [-0.25, -0.2) is 0 Å². The molecule has 0 aliphatic rings. The van der Waals surface area contributed by atoms with Gasteiger partial charge in [0, 0.05) is 13.6 Å². The number of likely N-dealkylation sites (N-methyl/N-ethyl adjacent to an activating group) is 1. The second kappa shape index (κ2) is 7.82. The van der Waals surface area contributed by atoms with E-state index >= 15 is 0 Å². The highest BCUT2D eigenvalue weighted by molar-refractivity contribution is 5.81. The van der Waals surface area contributed by atoms with Crippen molar-refractivity contribution in [2.75, 3.05) is 7.05 Å². The molecule has 0 radical (unpaired) electrons. The van der Waals surface area contributed by atoms with E-state index < -0.39 is 6.10 Å². The lowest BCUT2D eigenvalue weighted by atomic mass is 10.1. The monoisotopic (exact) mass is 311 g/mol. The Balaban J connectivity index is 2.07. The summed E-state index contributed by atoms with van der Waals surface area (Å²) >= 11 is 0. The summed E-state index contributed by atoms with van der Waals surface area (Å²) in [4.78, 5) is 14.4. The van der Waals surface area contributed by atoms with Crippen molar-refractivity contribution in [2.45, 2.75) is 39.8 Å². The average molecular weight is 311 g/mol. The van der Waals surface area contributed by atoms with Gasteiger partial charge in [0.1, 0.15) is 5.75 Å². The summed E-state index contributed by atoms with van der Waals surface area (Å²) in [7, 11) is 1.82. The summed E-state index contributed by atoms with van der Waals surface area (Å²) in [6.07, 6.45) is 0.190. The van der Waals surface area contributed by atoms with Gasteiger partial charge in [-0.15, -0.1) is 0 Å². The SMILES string of the molecule is CC[C@H](Oc1cc(C)ccc1C)C(=O)N(C)Cc1ccccc1. The number of benzene rings is 2. The van der Waals surface area contributed by atoms with Gasteiger partial charge in [-0.2, -0.15) is 0 Å². The Morgan fingerprint density at radius 2 is 1.83 bits per heavy atom. The molecule has 0 saturated heterocycles. The predicted molar refractivity (Wildman–Crippen MR) is 93.5 cm³/mol. The Morgan fingerprint density at radius 3 is 2.48 bits per heavy atom. The molecule has 0 heterocycles. The van der Waals surface area contributed by atoms with Crippen molar-refractivity contribution in [1.82, 2.24) is 4.90 Å². The first-order valence-electron chi connectivity index (χ1n) is 8.04. The highest BCUT2D eigenvalue weighted by Gasteiger charge is 2.23. The van der Waals surface area contributed by atoms with Crippen LogP contribution in [0.5, 0.6) is 5.75 Å². The van der Waals surface area contributed by atoms with Gasteiger partial charge < -0.3 is 9.64 Å². The quantitative estimate of drug-likeness (QED) is 0.803. The molecule has 0 spiro atoms. The highest BCUT2D eigenvalue weighted by atomic mass is 16.5. The topological polar surface area (TPSA) is 29.5 Å². The van der Waals surface area contributed by atoms with Crippen molar-refractivity contribution in [2.24, 2.45) is 0 Å². The van der Waals surface area contributed by atoms with Crippen LogP contribution in [0.3, 0.4) is 0 Å². The second-order valence-electron chi connectivity index (χ2n) is 5.96. The maximum atomic E-state index is 12.7. The molecule has 2 aromatic rings. The van der Waals surface area contributed by atoms with E-state index in [1.165, 1.54) is 0 Å². The number of aryl methyl sites for hydroxylation is 2. The van der Waals surface area contributed by atoms with Gasteiger partial charge in [0.05, 0.1) is 0 Å². The van der Waals surface area contributed by atoms with Crippen LogP contribution < -0.4 is 4.74 Å². The molecule has 122 valence electrons. The van der Waals surface area contributed by atoms with Crippen molar-refractivity contribution in [3.63, 3.8) is 0 Å². The predicted octanol–water partition coefficient (Wildman–Crippen LogP) is 4.12. The van der Waals surface area contributed by atoms with Gasteiger partial charge in [-0.05, 0) is 43.0 Å². The van der Waals surface area contributed by atoms with Crippen molar-refractivity contribution in [3.05, 3.63) is 65.2 Å². The molecule has 0 bridgehead atoms. The molecule has 0 unspecified atom stereocenters. The van der Waals surface area contributed by atoms with E-state index in [1.807, 2.05) is 76.3 Å². The third-order valence-electron chi connectivity index (χ3n) is 3.90. The van der Waals surface area contributed by atoms with Crippen LogP contribution in [0.2, 0.25) is 0 Å². The molecule has 0 N–H and O–H groups in total. The van der Waals surface area contributed by atoms with E-state index in [0.717, 1.165) is 22.4 Å². The zero-order chi connectivity index (χ0) is 16.8. The number of amides is 1. The first kappa shape index (κ1) is 17.1. The van der Waals surface area contributed by atoms with Crippen molar-refractivity contribution in [1.29, 1.82) is 0 Å². The number of ether oxygens (including phenoxy) is 1. The summed E-state index contributed by atoms with van der Waals surface area (Å²) in [6.45, 7) is 6.59. The number of rotatable bonds is 6. The largest absolute Gasteiger partial charge is 0.480 e. The molecule has 3 heteroatoms. The Hall–Kier alpha value is -2.29. The number of carbonyl (C=O) groups is 1. The van der Waals surface area contributed by atoms with E-state index in [4.69, 9.17) is 4.74 Å². The lowest BCUT2D eigenvalue weighted by Crippen LogP contribution is -2.39. The van der Waals surface area contributed by atoms with Gasteiger partial charge in [-0.1, -0.05) is 49.4 Å². The zero-order valence-corrected chi connectivity index (χ0v) is 14.4. The lowest BCUT2D eigenvalue weighted by molar-refractivity contribution is -0.138. The molecule has 1 atom stereocenters. The molecule has 0 aromatic heterocycles. The fraction of sp³-hybridized carbons (Fsp3) is 0.350. The fourth-order valence-electron chi connectivity index (χ4n) is 2.48. The first-order chi connectivity index (χ1) is 11.0. The Bertz CT molecular complexity index is 652. The van der Waals surface area contributed by atoms with Gasteiger partial charge in [-0.3, -0.25) is 4.79 Å². The van der Waals surface area contributed by atoms with Crippen LogP contribution in [0.4, 0.5) is 0 Å². The lowest BCUT2D eigenvalue weighted by Gasteiger charge is -2.24. The molecular weight excluding hydrogens is 286 g/mol. The van der Waals surface area contributed by atoms with E-state index in [0.29, 0.717) is 13.0 Å². The fourth-order valence-corrected chi connectivity index (χ4v) is 2.48. The van der Waals surface area contributed by atoms with Gasteiger partial charge >= 0.3 is 0 Å². The van der Waals surface area contributed by atoms with E-state index in [2.05, 4.69) is 0 Å². The summed E-state index contributed by atoms with van der Waals surface area (Å²) in [5.41, 5.74) is 3.29. The van der Waals surface area contributed by atoms with Crippen molar-refractivity contribution < 1.29 is 9.53 Å². The minimum Gasteiger partial charge on any atom is -0.480 e. The molecule has 0 aliphatic carbocycles. The number of nitrogens with zero attached hydrogens (tertiary/aromatic N) is 1. The highest BCUT2D eigenvalue weighted by Crippen LogP contribution is 2.22. The molecule has 2 aromatic carbocycles. The Kier molecular flexibility index (Phi) is 5.80. The van der Waals surface area contributed by atoms with Gasteiger partial charge in [0.2, 0.25) is 0 Å². The third kappa shape index (κ3) is 4.59. The third-order valence-corrected chi connectivity index (χ3v) is 3.90. The maximum absolute atomic E-state index is 12.7. The van der Waals surface area contributed by atoms with E-state index in [9.17, 15) is 4.79 Å². The summed E-state index contributed by atoms with van der Waals surface area (Å²) in [6, 6.07) is 16.1. The van der Waals surface area contributed by atoms with Crippen LogP contribution in [0.1, 0.15) is 30.0 Å². The summed E-state index contributed by atoms with van der Waals surface area (Å²) in [5, 5.41) is 0. The molecule has 0 aliphatic heterocycles. The zero-order valence-electron chi connectivity index (χ0n) is 14.4. The molecule has 3 nitrogen and oxygen atoms in total. The van der Waals surface area contributed by atoms with Gasteiger partial charge in [0.25, 0.3) is 5.91 Å². The summed E-state index contributed by atoms with van der Waals surface area (Å²) in [5.74, 6) is 0.801. The average Bonchev–Trinajstić information content (AvgIpc) is 2.56. The minimum absolute atomic E-state index is 0.0114. The van der Waals surface area contributed by atoms with Crippen LogP contribution in [-0.4, -0.2) is 24.0 Å². The molecular formula is C20H25NO2. The van der Waals surface area contributed by atoms with Crippen LogP contribution in [0, 0.1) is 13.8 Å². The van der Waals surface area contributed by atoms with Crippen LogP contribution >= 0.6 is 0 Å². The van der Waals surface area contributed by atoms with Crippen LogP contribution in [-0.2, 0) is 11.3 Å². The number of hydrogen-bond donors (Lipinski definition) is 0. The summed E-state index contributed by atoms with van der Waals surface area (Å²) < 4.78 is 6.00. The number of hydrogen-bond acceptors (Lipinski definition) is 2. The van der Waals surface area contributed by atoms with Crippen molar-refractivity contribution in [3.8, 4) is 5.75 Å². The van der Waals surface area contributed by atoms with Crippen LogP contribution in [0.25, 0.3) is 0 Å². The minimum atomic E-state index is -0.454. The van der Waals surface area contributed by atoms with E-state index in [1.54, 1.807) is 4.90 Å². The molecule has 23 heavy (non-hydrogen) atoms.